The standard InChI is InChI=1S/C17H24FNO/c1-5-17(2,3)19(4)13-15-10-9-14(12-16(15)18)8-6-7-11-20/h9-10,12,20H,5,7,11,13H2,1-4H3. The third kappa shape index (κ3) is 4.63. The lowest BCUT2D eigenvalue weighted by molar-refractivity contribution is 0.141. The van der Waals surface area contributed by atoms with Crippen LogP contribution in [0.2, 0.25) is 0 Å². The third-order valence-corrected chi connectivity index (χ3v) is 3.83. The largest absolute Gasteiger partial charge is 0.395 e. The number of hydrogen-bond donors (Lipinski definition) is 1. The Bertz CT molecular complexity index is 499. The normalized spacial score (nSPS) is 11.3. The fourth-order valence-corrected chi connectivity index (χ4v) is 1.71. The predicted octanol–water partition coefficient (Wildman–Crippen LogP) is 3.18. The van der Waals surface area contributed by atoms with E-state index in [1.165, 1.54) is 6.07 Å². The molecule has 0 atom stereocenters. The molecule has 0 fully saturated rings. The Morgan fingerprint density at radius 2 is 2.05 bits per heavy atom. The second kappa shape index (κ2) is 7.42. The molecule has 0 spiro atoms. The second-order valence-electron chi connectivity index (χ2n) is 5.60. The van der Waals surface area contributed by atoms with Crippen LogP contribution in [0.15, 0.2) is 18.2 Å². The van der Waals surface area contributed by atoms with Crippen LogP contribution >= 0.6 is 0 Å². The average Bonchev–Trinajstić information content (AvgIpc) is 2.41. The van der Waals surface area contributed by atoms with E-state index in [2.05, 4.69) is 37.5 Å². The zero-order valence-electron chi connectivity index (χ0n) is 12.8. The van der Waals surface area contributed by atoms with Crippen molar-refractivity contribution in [2.24, 2.45) is 0 Å². The molecule has 0 radical (unpaired) electrons. The van der Waals surface area contributed by atoms with E-state index in [4.69, 9.17) is 5.11 Å². The minimum atomic E-state index is -0.223. The van der Waals surface area contributed by atoms with Gasteiger partial charge in [0, 0.05) is 29.6 Å². The van der Waals surface area contributed by atoms with Crippen LogP contribution in [0, 0.1) is 17.7 Å². The summed E-state index contributed by atoms with van der Waals surface area (Å²) in [6, 6.07) is 5.09. The summed E-state index contributed by atoms with van der Waals surface area (Å²) in [6.07, 6.45) is 1.42. The van der Waals surface area contributed by atoms with Crippen LogP contribution in [0.5, 0.6) is 0 Å². The van der Waals surface area contributed by atoms with E-state index in [1.54, 1.807) is 6.07 Å². The minimum Gasteiger partial charge on any atom is -0.395 e. The molecule has 1 N–H and O–H groups in total. The number of hydrogen-bond acceptors (Lipinski definition) is 2. The molecule has 1 rings (SSSR count). The van der Waals surface area contributed by atoms with Crippen molar-refractivity contribution in [3.63, 3.8) is 0 Å². The maximum absolute atomic E-state index is 14.1. The number of aliphatic hydroxyl groups is 1. The summed E-state index contributed by atoms with van der Waals surface area (Å²) in [5.74, 6) is 5.42. The predicted molar refractivity (Wildman–Crippen MR) is 80.8 cm³/mol. The molecule has 110 valence electrons. The second-order valence-corrected chi connectivity index (χ2v) is 5.60. The molecule has 0 aromatic heterocycles. The quantitative estimate of drug-likeness (QED) is 0.836. The van der Waals surface area contributed by atoms with Crippen LogP contribution < -0.4 is 0 Å². The maximum Gasteiger partial charge on any atom is 0.128 e. The van der Waals surface area contributed by atoms with E-state index in [9.17, 15) is 4.39 Å². The molecule has 0 bridgehead atoms. The van der Waals surface area contributed by atoms with E-state index >= 15 is 0 Å². The first kappa shape index (κ1) is 16.7. The highest BCUT2D eigenvalue weighted by Crippen LogP contribution is 2.20. The summed E-state index contributed by atoms with van der Waals surface area (Å²) >= 11 is 0. The van der Waals surface area contributed by atoms with Gasteiger partial charge in [0.05, 0.1) is 6.61 Å². The molecule has 2 nitrogen and oxygen atoms in total. The van der Waals surface area contributed by atoms with Crippen LogP contribution in [0.25, 0.3) is 0 Å². The molecule has 0 heterocycles. The molecule has 1 aromatic rings. The zero-order chi connectivity index (χ0) is 15.2. The summed E-state index contributed by atoms with van der Waals surface area (Å²) in [5.41, 5.74) is 1.38. The van der Waals surface area contributed by atoms with Crippen molar-refractivity contribution in [2.45, 2.75) is 45.7 Å². The van der Waals surface area contributed by atoms with Gasteiger partial charge in [-0.1, -0.05) is 24.8 Å². The van der Waals surface area contributed by atoms with Gasteiger partial charge in [0.15, 0.2) is 0 Å². The zero-order valence-corrected chi connectivity index (χ0v) is 12.8. The van der Waals surface area contributed by atoms with Gasteiger partial charge in [0.25, 0.3) is 0 Å². The van der Waals surface area contributed by atoms with Crippen molar-refractivity contribution in [1.82, 2.24) is 4.90 Å². The van der Waals surface area contributed by atoms with Gasteiger partial charge in [0.1, 0.15) is 5.82 Å². The van der Waals surface area contributed by atoms with Crippen LogP contribution in [0.1, 0.15) is 44.7 Å². The Morgan fingerprint density at radius 1 is 1.35 bits per heavy atom. The summed E-state index contributed by atoms with van der Waals surface area (Å²) in [4.78, 5) is 2.16. The summed E-state index contributed by atoms with van der Waals surface area (Å²) in [5, 5.41) is 8.66. The fourth-order valence-electron chi connectivity index (χ4n) is 1.71. The van der Waals surface area contributed by atoms with Gasteiger partial charge >= 0.3 is 0 Å². The van der Waals surface area contributed by atoms with Gasteiger partial charge in [-0.2, -0.15) is 0 Å². The van der Waals surface area contributed by atoms with Gasteiger partial charge in [-0.25, -0.2) is 4.39 Å². The molecule has 3 heteroatoms. The Morgan fingerprint density at radius 3 is 2.60 bits per heavy atom. The molecule has 0 saturated heterocycles. The molecule has 0 aliphatic carbocycles. The maximum atomic E-state index is 14.1. The highest BCUT2D eigenvalue weighted by molar-refractivity contribution is 5.37. The highest BCUT2D eigenvalue weighted by atomic mass is 19.1. The smallest absolute Gasteiger partial charge is 0.128 e. The van der Waals surface area contributed by atoms with Crippen molar-refractivity contribution in [3.05, 3.63) is 35.1 Å². The van der Waals surface area contributed by atoms with Gasteiger partial charge in [-0.15, -0.1) is 0 Å². The van der Waals surface area contributed by atoms with Gasteiger partial charge < -0.3 is 5.11 Å². The molecule has 0 aliphatic rings. The van der Waals surface area contributed by atoms with E-state index in [0.29, 0.717) is 24.1 Å². The highest BCUT2D eigenvalue weighted by Gasteiger charge is 2.21. The first-order chi connectivity index (χ1) is 9.40. The monoisotopic (exact) mass is 277 g/mol. The van der Waals surface area contributed by atoms with Crippen LogP contribution in [-0.2, 0) is 6.54 Å². The molecule has 20 heavy (non-hydrogen) atoms. The molecule has 0 unspecified atom stereocenters. The van der Waals surface area contributed by atoms with E-state index in [0.717, 1.165) is 6.42 Å². The minimum absolute atomic E-state index is 0.0322. The number of halogens is 1. The number of benzene rings is 1. The number of nitrogens with zero attached hydrogens (tertiary/aromatic N) is 1. The Hall–Kier alpha value is -1.37. The molecule has 1 aromatic carbocycles. The summed E-state index contributed by atoms with van der Waals surface area (Å²) < 4.78 is 14.1. The van der Waals surface area contributed by atoms with E-state index in [1.807, 2.05) is 13.1 Å². The van der Waals surface area contributed by atoms with E-state index in [-0.39, 0.29) is 18.0 Å². The summed E-state index contributed by atoms with van der Waals surface area (Å²) in [7, 11) is 2.01. The van der Waals surface area contributed by atoms with Gasteiger partial charge in [0.2, 0.25) is 0 Å². The first-order valence-corrected chi connectivity index (χ1v) is 7.00. The van der Waals surface area contributed by atoms with Crippen LogP contribution in [0.4, 0.5) is 4.39 Å². The topological polar surface area (TPSA) is 23.5 Å². The lowest BCUT2D eigenvalue weighted by Crippen LogP contribution is -2.39. The van der Waals surface area contributed by atoms with Crippen LogP contribution in [0.3, 0.4) is 0 Å². The lowest BCUT2D eigenvalue weighted by atomic mass is 9.99. The van der Waals surface area contributed by atoms with Gasteiger partial charge in [-0.3, -0.25) is 4.90 Å². The van der Waals surface area contributed by atoms with Crippen molar-refractivity contribution in [1.29, 1.82) is 0 Å². The van der Waals surface area contributed by atoms with Crippen LogP contribution in [-0.4, -0.2) is 29.2 Å². The molecule has 0 amide bonds. The van der Waals surface area contributed by atoms with Gasteiger partial charge in [-0.05, 0) is 39.4 Å². The van der Waals surface area contributed by atoms with E-state index < -0.39 is 0 Å². The fraction of sp³-hybridized carbons (Fsp3) is 0.529. The van der Waals surface area contributed by atoms with Crippen molar-refractivity contribution in [2.75, 3.05) is 13.7 Å². The molecule has 0 saturated carbocycles. The molecular formula is C17H24FNO. The number of aliphatic hydroxyl groups excluding tert-OH is 1. The summed E-state index contributed by atoms with van der Waals surface area (Å²) in [6.45, 7) is 7.05. The lowest BCUT2D eigenvalue weighted by Gasteiger charge is -2.34. The Labute approximate surface area is 121 Å². The Balaban J connectivity index is 2.82. The van der Waals surface area contributed by atoms with Crippen molar-refractivity contribution >= 4 is 0 Å². The van der Waals surface area contributed by atoms with Crippen molar-refractivity contribution in [3.8, 4) is 11.8 Å². The first-order valence-electron chi connectivity index (χ1n) is 7.00. The molecule has 0 aliphatic heterocycles. The number of rotatable bonds is 5. The van der Waals surface area contributed by atoms with Crippen molar-refractivity contribution < 1.29 is 9.50 Å². The average molecular weight is 277 g/mol. The Kier molecular flexibility index (Phi) is 6.19. The SMILES string of the molecule is CCC(C)(C)N(C)Cc1ccc(C#CCCO)cc1F. The molecular weight excluding hydrogens is 253 g/mol. The third-order valence-electron chi connectivity index (χ3n) is 3.83.